The SMILES string of the molecule is CC(C)CNC(=O)NC(=O)COC(=O)/C=C/c1cccc2cccnc12. The lowest BCUT2D eigenvalue weighted by Gasteiger charge is -2.08. The van der Waals surface area contributed by atoms with Crippen LogP contribution in [0.25, 0.3) is 17.0 Å². The van der Waals surface area contributed by atoms with Crippen molar-refractivity contribution >= 4 is 34.9 Å². The van der Waals surface area contributed by atoms with E-state index < -0.39 is 24.5 Å². The van der Waals surface area contributed by atoms with Gasteiger partial charge in [-0.1, -0.05) is 38.1 Å². The van der Waals surface area contributed by atoms with Crippen molar-refractivity contribution in [1.82, 2.24) is 15.6 Å². The van der Waals surface area contributed by atoms with Crippen LogP contribution in [0.1, 0.15) is 19.4 Å². The molecule has 0 saturated carbocycles. The number of benzene rings is 1. The molecule has 3 amide bonds. The highest BCUT2D eigenvalue weighted by molar-refractivity contribution is 5.97. The number of urea groups is 1. The first-order valence-corrected chi connectivity index (χ1v) is 8.22. The molecule has 1 aromatic carbocycles. The van der Waals surface area contributed by atoms with Crippen molar-refractivity contribution in [2.45, 2.75) is 13.8 Å². The summed E-state index contributed by atoms with van der Waals surface area (Å²) in [5, 5.41) is 5.57. The molecule has 0 aliphatic carbocycles. The Balaban J connectivity index is 1.83. The summed E-state index contributed by atoms with van der Waals surface area (Å²) in [6.07, 6.45) is 4.47. The predicted octanol–water partition coefficient (Wildman–Crippen LogP) is 2.27. The van der Waals surface area contributed by atoms with Gasteiger partial charge in [0.1, 0.15) is 0 Å². The molecule has 0 fully saturated rings. The fourth-order valence-corrected chi connectivity index (χ4v) is 2.11. The van der Waals surface area contributed by atoms with Crippen molar-refractivity contribution in [2.24, 2.45) is 5.92 Å². The number of fused-ring (bicyclic) bond motifs is 1. The van der Waals surface area contributed by atoms with Gasteiger partial charge in [-0.05, 0) is 18.1 Å². The van der Waals surface area contributed by atoms with Gasteiger partial charge in [-0.25, -0.2) is 9.59 Å². The number of hydrogen-bond acceptors (Lipinski definition) is 5. The summed E-state index contributed by atoms with van der Waals surface area (Å²) in [5.74, 6) is -1.11. The first-order chi connectivity index (χ1) is 12.5. The highest BCUT2D eigenvalue weighted by Gasteiger charge is 2.10. The van der Waals surface area contributed by atoms with Crippen LogP contribution in [0, 0.1) is 5.92 Å². The number of esters is 1. The number of para-hydroxylation sites is 1. The number of amides is 3. The summed E-state index contributed by atoms with van der Waals surface area (Å²) in [5.41, 5.74) is 1.52. The molecule has 2 aromatic rings. The zero-order chi connectivity index (χ0) is 18.9. The Bertz CT molecular complexity index is 825. The third-order valence-electron chi connectivity index (χ3n) is 3.33. The summed E-state index contributed by atoms with van der Waals surface area (Å²) >= 11 is 0. The second-order valence-corrected chi connectivity index (χ2v) is 6.02. The second kappa shape index (κ2) is 9.31. The minimum atomic E-state index is -0.695. The zero-order valence-electron chi connectivity index (χ0n) is 14.7. The molecule has 1 heterocycles. The molecule has 7 nitrogen and oxygen atoms in total. The number of hydrogen-bond donors (Lipinski definition) is 2. The van der Waals surface area contributed by atoms with Crippen LogP contribution >= 0.6 is 0 Å². The van der Waals surface area contributed by atoms with E-state index in [4.69, 9.17) is 4.74 Å². The molecule has 1 aromatic heterocycles. The standard InChI is InChI=1S/C19H21N3O4/c1-13(2)11-21-19(25)22-16(23)12-26-17(24)9-8-15-6-3-5-14-7-4-10-20-18(14)15/h3-10,13H,11-12H2,1-2H3,(H2,21,22,23,25)/b9-8+. The molecule has 0 bridgehead atoms. The molecule has 26 heavy (non-hydrogen) atoms. The van der Waals surface area contributed by atoms with E-state index in [2.05, 4.69) is 15.6 Å². The molecule has 2 rings (SSSR count). The second-order valence-electron chi connectivity index (χ2n) is 6.02. The smallest absolute Gasteiger partial charge is 0.331 e. The number of pyridine rings is 1. The van der Waals surface area contributed by atoms with Crippen molar-refractivity contribution in [2.75, 3.05) is 13.2 Å². The molecule has 0 saturated heterocycles. The van der Waals surface area contributed by atoms with Gasteiger partial charge in [-0.3, -0.25) is 15.1 Å². The molecule has 0 spiro atoms. The topological polar surface area (TPSA) is 97.4 Å². The van der Waals surface area contributed by atoms with Crippen LogP contribution in [-0.4, -0.2) is 36.0 Å². The van der Waals surface area contributed by atoms with Gasteiger partial charge in [0.2, 0.25) is 0 Å². The number of ether oxygens (including phenoxy) is 1. The van der Waals surface area contributed by atoms with E-state index in [-0.39, 0.29) is 5.92 Å². The maximum atomic E-state index is 11.7. The lowest BCUT2D eigenvalue weighted by atomic mass is 10.1. The fraction of sp³-hybridized carbons (Fsp3) is 0.263. The van der Waals surface area contributed by atoms with Crippen molar-refractivity contribution in [1.29, 1.82) is 0 Å². The van der Waals surface area contributed by atoms with Crippen LogP contribution in [0.3, 0.4) is 0 Å². The molecule has 0 aliphatic heterocycles. The molecular weight excluding hydrogens is 334 g/mol. The lowest BCUT2D eigenvalue weighted by Crippen LogP contribution is -2.42. The van der Waals surface area contributed by atoms with E-state index in [1.807, 2.05) is 44.2 Å². The molecule has 0 atom stereocenters. The molecule has 0 aliphatic rings. The molecule has 0 unspecified atom stereocenters. The first-order valence-electron chi connectivity index (χ1n) is 8.22. The van der Waals surface area contributed by atoms with E-state index in [9.17, 15) is 14.4 Å². The van der Waals surface area contributed by atoms with Crippen molar-refractivity contribution < 1.29 is 19.1 Å². The Morgan fingerprint density at radius 2 is 1.96 bits per heavy atom. The Morgan fingerprint density at radius 3 is 2.73 bits per heavy atom. The van der Waals surface area contributed by atoms with E-state index >= 15 is 0 Å². The number of nitrogens with one attached hydrogen (secondary N) is 2. The molecule has 0 radical (unpaired) electrons. The maximum Gasteiger partial charge on any atom is 0.331 e. The average molecular weight is 355 g/mol. The van der Waals surface area contributed by atoms with Crippen LogP contribution in [0.4, 0.5) is 4.79 Å². The highest BCUT2D eigenvalue weighted by atomic mass is 16.5. The van der Waals surface area contributed by atoms with Gasteiger partial charge in [0.15, 0.2) is 6.61 Å². The largest absolute Gasteiger partial charge is 0.452 e. The Morgan fingerprint density at radius 1 is 1.19 bits per heavy atom. The maximum absolute atomic E-state index is 11.7. The normalized spacial score (nSPS) is 10.9. The van der Waals surface area contributed by atoms with Crippen LogP contribution in [0.2, 0.25) is 0 Å². The fourth-order valence-electron chi connectivity index (χ4n) is 2.11. The number of carbonyl (C=O) groups excluding carboxylic acids is 3. The highest BCUT2D eigenvalue weighted by Crippen LogP contribution is 2.17. The summed E-state index contributed by atoms with van der Waals surface area (Å²) < 4.78 is 4.83. The summed E-state index contributed by atoms with van der Waals surface area (Å²) in [4.78, 5) is 39.0. The summed E-state index contributed by atoms with van der Waals surface area (Å²) in [6, 6.07) is 8.75. The van der Waals surface area contributed by atoms with Crippen molar-refractivity contribution in [3.8, 4) is 0 Å². The van der Waals surface area contributed by atoms with Crippen LogP contribution in [-0.2, 0) is 14.3 Å². The van der Waals surface area contributed by atoms with E-state index in [0.29, 0.717) is 6.54 Å². The lowest BCUT2D eigenvalue weighted by molar-refractivity contribution is -0.143. The molecule has 2 N–H and O–H groups in total. The number of rotatable bonds is 6. The van der Waals surface area contributed by atoms with Crippen LogP contribution in [0.5, 0.6) is 0 Å². The Kier molecular flexibility index (Phi) is 6.84. The first kappa shape index (κ1) is 19.1. The third kappa shape index (κ3) is 6.01. The van der Waals surface area contributed by atoms with Crippen LogP contribution < -0.4 is 10.6 Å². The van der Waals surface area contributed by atoms with Gasteiger partial charge in [-0.2, -0.15) is 0 Å². The number of carbonyl (C=O) groups is 3. The minimum Gasteiger partial charge on any atom is -0.452 e. The Hall–Kier alpha value is -3.22. The molecular formula is C19H21N3O4. The van der Waals surface area contributed by atoms with Crippen molar-refractivity contribution in [3.05, 3.63) is 48.2 Å². The quantitative estimate of drug-likeness (QED) is 0.612. The zero-order valence-corrected chi connectivity index (χ0v) is 14.7. The molecule has 7 heteroatoms. The number of imide groups is 1. The third-order valence-corrected chi connectivity index (χ3v) is 3.33. The predicted molar refractivity (Wildman–Crippen MR) is 98.1 cm³/mol. The molecule has 136 valence electrons. The van der Waals surface area contributed by atoms with Gasteiger partial charge < -0.3 is 10.1 Å². The number of aromatic nitrogens is 1. The average Bonchev–Trinajstić information content (AvgIpc) is 2.63. The van der Waals surface area contributed by atoms with E-state index in [1.54, 1.807) is 12.3 Å². The minimum absolute atomic E-state index is 0.266. The van der Waals surface area contributed by atoms with E-state index in [0.717, 1.165) is 16.5 Å². The van der Waals surface area contributed by atoms with Gasteiger partial charge in [-0.15, -0.1) is 0 Å². The van der Waals surface area contributed by atoms with Gasteiger partial charge >= 0.3 is 12.0 Å². The monoisotopic (exact) mass is 355 g/mol. The summed E-state index contributed by atoms with van der Waals surface area (Å²) in [6.45, 7) is 3.77. The van der Waals surface area contributed by atoms with Crippen LogP contribution in [0.15, 0.2) is 42.6 Å². The summed E-state index contributed by atoms with van der Waals surface area (Å²) in [7, 11) is 0. The van der Waals surface area contributed by atoms with Crippen molar-refractivity contribution in [3.63, 3.8) is 0 Å². The van der Waals surface area contributed by atoms with Gasteiger partial charge in [0.25, 0.3) is 5.91 Å². The number of nitrogens with zero attached hydrogens (tertiary/aromatic N) is 1. The van der Waals surface area contributed by atoms with Gasteiger partial charge in [0, 0.05) is 29.8 Å². The Labute approximate surface area is 151 Å². The van der Waals surface area contributed by atoms with Gasteiger partial charge in [0.05, 0.1) is 5.52 Å². The van der Waals surface area contributed by atoms with E-state index in [1.165, 1.54) is 6.08 Å².